The van der Waals surface area contributed by atoms with Crippen LogP contribution in [0.25, 0.3) is 0 Å². The van der Waals surface area contributed by atoms with Crippen LogP contribution < -0.4 is 10.2 Å². The number of benzene rings is 2. The van der Waals surface area contributed by atoms with Crippen LogP contribution >= 0.6 is 0 Å². The molecule has 2 heterocycles. The number of nitrogens with zero attached hydrogens (tertiary/aromatic N) is 4. The lowest BCUT2D eigenvalue weighted by atomic mass is 10.1. The van der Waals surface area contributed by atoms with Gasteiger partial charge in [-0.05, 0) is 57.0 Å². The van der Waals surface area contributed by atoms with Gasteiger partial charge in [0.05, 0.1) is 23.9 Å². The van der Waals surface area contributed by atoms with Crippen molar-refractivity contribution in [2.24, 2.45) is 0 Å². The van der Waals surface area contributed by atoms with Crippen molar-refractivity contribution in [3.63, 3.8) is 0 Å². The van der Waals surface area contributed by atoms with E-state index < -0.39 is 5.82 Å². The number of amides is 1. The van der Waals surface area contributed by atoms with E-state index in [0.717, 1.165) is 31.6 Å². The quantitative estimate of drug-likeness (QED) is 0.324. The number of piperidine rings is 1. The van der Waals surface area contributed by atoms with Crippen LogP contribution in [0.15, 0.2) is 67.3 Å². The minimum Gasteiger partial charge on any atom is -0.490 e. The Hall–Kier alpha value is -3.52. The molecule has 1 atom stereocenters. The van der Waals surface area contributed by atoms with Crippen molar-refractivity contribution in [1.82, 2.24) is 19.9 Å². The molecule has 1 amide bonds. The van der Waals surface area contributed by atoms with Gasteiger partial charge in [0.1, 0.15) is 6.33 Å². The van der Waals surface area contributed by atoms with E-state index in [4.69, 9.17) is 4.74 Å². The molecule has 7 nitrogen and oxygen atoms in total. The van der Waals surface area contributed by atoms with E-state index in [1.807, 2.05) is 37.3 Å². The third-order valence-electron chi connectivity index (χ3n) is 6.20. The molecule has 2 aromatic carbocycles. The Bertz CT molecular complexity index is 1080. The summed E-state index contributed by atoms with van der Waals surface area (Å²) < 4.78 is 20.5. The van der Waals surface area contributed by atoms with Crippen LogP contribution in [0.1, 0.15) is 54.6 Å². The zero-order valence-corrected chi connectivity index (χ0v) is 20.1. The molecule has 1 aromatic heterocycles. The Labute approximate surface area is 205 Å². The van der Waals surface area contributed by atoms with Crippen LogP contribution in [0.4, 0.5) is 10.1 Å². The van der Waals surface area contributed by atoms with Crippen molar-refractivity contribution >= 4 is 11.6 Å². The standard InChI is InChI=1S/C27H32FN5O2/c1-21(22-9-4-2-5-10-22)33(27(34)23-18-29-20-30-19-23)31-24-11-12-26(25(28)17-24)35-16-8-15-32-13-6-3-7-14-32/h2,4-5,9-12,17-21,31H,3,6-8,13-16H2,1H3/t21-/m0/s1. The molecule has 4 rings (SSSR count). The van der Waals surface area contributed by atoms with Gasteiger partial charge >= 0.3 is 0 Å². The van der Waals surface area contributed by atoms with Gasteiger partial charge in [-0.25, -0.2) is 19.4 Å². The fourth-order valence-corrected chi connectivity index (χ4v) is 4.23. The number of carbonyl (C=O) groups is 1. The first-order chi connectivity index (χ1) is 17.1. The first-order valence-electron chi connectivity index (χ1n) is 12.2. The first kappa shape index (κ1) is 24.6. The molecule has 1 aliphatic rings. The van der Waals surface area contributed by atoms with Crippen LogP contribution in [0, 0.1) is 5.82 Å². The molecule has 1 saturated heterocycles. The second kappa shape index (κ2) is 12.3. The summed E-state index contributed by atoms with van der Waals surface area (Å²) >= 11 is 0. The second-order valence-corrected chi connectivity index (χ2v) is 8.75. The molecule has 0 radical (unpaired) electrons. The van der Waals surface area contributed by atoms with E-state index in [1.54, 1.807) is 12.1 Å². The number of halogens is 1. The number of anilines is 1. The van der Waals surface area contributed by atoms with E-state index in [-0.39, 0.29) is 17.7 Å². The van der Waals surface area contributed by atoms with Crippen molar-refractivity contribution in [3.8, 4) is 5.75 Å². The molecule has 184 valence electrons. The number of ether oxygens (including phenoxy) is 1. The fourth-order valence-electron chi connectivity index (χ4n) is 4.23. The molecule has 0 aliphatic carbocycles. The maximum absolute atomic E-state index is 14.8. The van der Waals surface area contributed by atoms with E-state index in [9.17, 15) is 9.18 Å². The number of rotatable bonds is 10. The Morgan fingerprint density at radius 1 is 1.11 bits per heavy atom. The summed E-state index contributed by atoms with van der Waals surface area (Å²) in [6, 6.07) is 13.9. The summed E-state index contributed by atoms with van der Waals surface area (Å²) in [7, 11) is 0. The van der Waals surface area contributed by atoms with Crippen molar-refractivity contribution in [1.29, 1.82) is 0 Å². The highest BCUT2D eigenvalue weighted by atomic mass is 19.1. The lowest BCUT2D eigenvalue weighted by Gasteiger charge is -2.30. The minimum absolute atomic E-state index is 0.208. The SMILES string of the molecule is C[C@@H](c1ccccc1)N(Nc1ccc(OCCCN2CCCCC2)c(F)c1)C(=O)c1cncnc1. The highest BCUT2D eigenvalue weighted by molar-refractivity contribution is 5.94. The molecule has 0 saturated carbocycles. The fraction of sp³-hybridized carbons (Fsp3) is 0.370. The Balaban J connectivity index is 1.42. The molecule has 3 aromatic rings. The largest absolute Gasteiger partial charge is 0.490 e. The van der Waals surface area contributed by atoms with E-state index in [2.05, 4.69) is 20.3 Å². The number of carbonyl (C=O) groups excluding carboxylic acids is 1. The van der Waals surface area contributed by atoms with Gasteiger partial charge < -0.3 is 9.64 Å². The average Bonchev–Trinajstić information content (AvgIpc) is 2.91. The van der Waals surface area contributed by atoms with E-state index >= 15 is 0 Å². The summed E-state index contributed by atoms with van der Waals surface area (Å²) in [5.74, 6) is -0.587. The lowest BCUT2D eigenvalue weighted by Crippen LogP contribution is -2.38. The number of likely N-dealkylation sites (tertiary alicyclic amines) is 1. The molecule has 35 heavy (non-hydrogen) atoms. The summed E-state index contributed by atoms with van der Waals surface area (Å²) in [4.78, 5) is 23.6. The number of hydrogen-bond donors (Lipinski definition) is 1. The van der Waals surface area contributed by atoms with Crippen LogP contribution in [-0.4, -0.2) is 52.0 Å². The number of hydrazine groups is 1. The Kier molecular flexibility index (Phi) is 8.62. The maximum Gasteiger partial charge on any atom is 0.275 e. The normalized spacial score (nSPS) is 14.8. The van der Waals surface area contributed by atoms with E-state index in [0.29, 0.717) is 17.9 Å². The van der Waals surface area contributed by atoms with Gasteiger partial charge in [-0.1, -0.05) is 36.8 Å². The van der Waals surface area contributed by atoms with Crippen molar-refractivity contribution in [3.05, 3.63) is 84.2 Å². The molecule has 8 heteroatoms. The first-order valence-corrected chi connectivity index (χ1v) is 12.2. The molecular weight excluding hydrogens is 445 g/mol. The number of nitrogens with one attached hydrogen (secondary N) is 1. The van der Waals surface area contributed by atoms with E-state index in [1.165, 1.54) is 49.1 Å². The highest BCUT2D eigenvalue weighted by Gasteiger charge is 2.24. The van der Waals surface area contributed by atoms with Gasteiger partial charge in [0.2, 0.25) is 0 Å². The van der Waals surface area contributed by atoms with Crippen molar-refractivity contribution in [2.75, 3.05) is 31.7 Å². The number of aromatic nitrogens is 2. The van der Waals surface area contributed by atoms with Crippen molar-refractivity contribution < 1.29 is 13.9 Å². The summed E-state index contributed by atoms with van der Waals surface area (Å²) in [6.07, 6.45) is 8.97. The van der Waals surface area contributed by atoms with Crippen LogP contribution in [0.5, 0.6) is 5.75 Å². The second-order valence-electron chi connectivity index (χ2n) is 8.75. The summed E-state index contributed by atoms with van der Waals surface area (Å²) in [5, 5.41) is 1.46. The van der Waals surface area contributed by atoms with Gasteiger partial charge in [-0.2, -0.15) is 0 Å². The molecular formula is C27H32FN5O2. The topological polar surface area (TPSA) is 70.6 Å². The third kappa shape index (κ3) is 6.76. The highest BCUT2D eigenvalue weighted by Crippen LogP contribution is 2.26. The molecule has 0 bridgehead atoms. The van der Waals surface area contributed by atoms with Gasteiger partial charge in [0.15, 0.2) is 11.6 Å². The zero-order valence-electron chi connectivity index (χ0n) is 20.1. The molecule has 1 N–H and O–H groups in total. The van der Waals surface area contributed by atoms with Crippen LogP contribution in [0.2, 0.25) is 0 Å². The van der Waals surface area contributed by atoms with Crippen LogP contribution in [-0.2, 0) is 0 Å². The molecule has 1 fully saturated rings. The smallest absolute Gasteiger partial charge is 0.275 e. The predicted octanol–water partition coefficient (Wildman–Crippen LogP) is 5.10. The average molecular weight is 478 g/mol. The predicted molar refractivity (Wildman–Crippen MR) is 133 cm³/mol. The maximum atomic E-state index is 14.8. The van der Waals surface area contributed by atoms with Crippen molar-refractivity contribution in [2.45, 2.75) is 38.6 Å². The minimum atomic E-state index is -0.476. The molecule has 0 spiro atoms. The summed E-state index contributed by atoms with van der Waals surface area (Å²) in [6.45, 7) is 5.61. The Morgan fingerprint density at radius 3 is 2.57 bits per heavy atom. The van der Waals surface area contributed by atoms with Gasteiger partial charge in [0, 0.05) is 25.0 Å². The number of hydrogen-bond acceptors (Lipinski definition) is 6. The molecule has 1 aliphatic heterocycles. The van der Waals surface area contributed by atoms with Gasteiger partial charge in [-0.15, -0.1) is 0 Å². The zero-order chi connectivity index (χ0) is 24.5. The third-order valence-corrected chi connectivity index (χ3v) is 6.20. The Morgan fingerprint density at radius 2 is 1.86 bits per heavy atom. The van der Waals surface area contributed by atoms with Gasteiger partial charge in [-0.3, -0.25) is 10.2 Å². The lowest BCUT2D eigenvalue weighted by molar-refractivity contribution is 0.0739. The monoisotopic (exact) mass is 477 g/mol. The van der Waals surface area contributed by atoms with Gasteiger partial charge in [0.25, 0.3) is 5.91 Å². The summed E-state index contributed by atoms with van der Waals surface area (Å²) in [5.41, 5.74) is 4.78. The van der Waals surface area contributed by atoms with Crippen LogP contribution in [0.3, 0.4) is 0 Å². The molecule has 0 unspecified atom stereocenters.